The summed E-state index contributed by atoms with van der Waals surface area (Å²) in [5.74, 6) is 0. The fourth-order valence-corrected chi connectivity index (χ4v) is 1.31. The van der Waals surface area contributed by atoms with Gasteiger partial charge in [-0.3, -0.25) is 0 Å². The van der Waals surface area contributed by atoms with Crippen LogP contribution in [0.15, 0.2) is 55.3 Å². The van der Waals surface area contributed by atoms with E-state index in [4.69, 9.17) is 0 Å². The largest absolute Gasteiger partial charge is 0.242 e. The molecule has 1 aromatic carbocycles. The van der Waals surface area contributed by atoms with Crippen LogP contribution in [0.4, 0.5) is 0 Å². The van der Waals surface area contributed by atoms with Crippen LogP contribution in [0.3, 0.4) is 0 Å². The molecule has 0 aliphatic heterocycles. The molecule has 0 spiro atoms. The lowest BCUT2D eigenvalue weighted by Crippen LogP contribution is -2.07. The Balaban J connectivity index is 0.00000121. The molecular weight excluding hydrogens is 208 g/mol. The van der Waals surface area contributed by atoms with E-state index in [-0.39, 0.29) is 0 Å². The summed E-state index contributed by atoms with van der Waals surface area (Å²) >= 11 is 0. The zero-order valence-corrected chi connectivity index (χ0v) is 10.7. The van der Waals surface area contributed by atoms with Gasteiger partial charge in [-0.2, -0.15) is 5.10 Å². The van der Waals surface area contributed by atoms with Gasteiger partial charge >= 0.3 is 0 Å². The second kappa shape index (κ2) is 8.11. The fourth-order valence-electron chi connectivity index (χ4n) is 1.31. The van der Waals surface area contributed by atoms with E-state index in [0.29, 0.717) is 0 Å². The molecule has 0 bridgehead atoms. The lowest BCUT2D eigenvalue weighted by Gasteiger charge is -2.17. The van der Waals surface area contributed by atoms with E-state index in [0.717, 1.165) is 16.8 Å². The van der Waals surface area contributed by atoms with Gasteiger partial charge in [0.2, 0.25) is 0 Å². The maximum atomic E-state index is 3.95. The van der Waals surface area contributed by atoms with Crippen LogP contribution in [0.1, 0.15) is 25.0 Å². The second-order valence-corrected chi connectivity index (χ2v) is 2.91. The Morgan fingerprint density at radius 1 is 1.24 bits per heavy atom. The second-order valence-electron chi connectivity index (χ2n) is 2.91. The smallest absolute Gasteiger partial charge is 0.0651 e. The highest BCUT2D eigenvalue weighted by atomic mass is 15.4. The van der Waals surface area contributed by atoms with E-state index >= 15 is 0 Å². The standard InChI is InChI=1S/C13H14N2.C2H6/c1-5-12-9-7-8-10-13(12)11(3)15(6-2)14-4;1-2/h5-10H,1-4H2;1-2H3. The number of hydrogen-bond acceptors (Lipinski definition) is 2. The minimum absolute atomic E-state index is 0.732. The van der Waals surface area contributed by atoms with E-state index in [2.05, 4.69) is 31.6 Å². The quantitative estimate of drug-likeness (QED) is 0.539. The van der Waals surface area contributed by atoms with Crippen LogP contribution in [0, 0.1) is 0 Å². The number of rotatable bonds is 5. The Bertz CT molecular complexity index is 397. The van der Waals surface area contributed by atoms with Crippen molar-refractivity contribution >= 4 is 18.5 Å². The molecule has 0 fully saturated rings. The summed E-state index contributed by atoms with van der Waals surface area (Å²) in [4.78, 5) is 0. The van der Waals surface area contributed by atoms with Crippen LogP contribution >= 0.6 is 0 Å². The topological polar surface area (TPSA) is 15.6 Å². The van der Waals surface area contributed by atoms with Gasteiger partial charge in [-0.25, -0.2) is 5.01 Å². The van der Waals surface area contributed by atoms with Crippen LogP contribution in [0.5, 0.6) is 0 Å². The minimum Gasteiger partial charge on any atom is -0.242 e. The summed E-state index contributed by atoms with van der Waals surface area (Å²) in [5, 5.41) is 5.32. The Hall–Kier alpha value is -2.09. The maximum Gasteiger partial charge on any atom is 0.0651 e. The summed E-state index contributed by atoms with van der Waals surface area (Å²) in [5.41, 5.74) is 2.72. The molecule has 0 aliphatic rings. The SMILES string of the molecule is C=Cc1ccccc1C(=C)N(C=C)N=C.CC. The van der Waals surface area contributed by atoms with Crippen molar-refractivity contribution in [3.63, 3.8) is 0 Å². The summed E-state index contributed by atoms with van der Waals surface area (Å²) in [7, 11) is 0. The lowest BCUT2D eigenvalue weighted by atomic mass is 10.1. The van der Waals surface area contributed by atoms with Gasteiger partial charge in [-0.1, -0.05) is 63.9 Å². The predicted octanol–water partition coefficient (Wildman–Crippen LogP) is 4.39. The van der Waals surface area contributed by atoms with Crippen molar-refractivity contribution in [3.8, 4) is 0 Å². The molecule has 90 valence electrons. The molecule has 0 unspecified atom stereocenters. The van der Waals surface area contributed by atoms with Gasteiger partial charge in [0, 0.05) is 18.5 Å². The van der Waals surface area contributed by atoms with Crippen molar-refractivity contribution < 1.29 is 0 Å². The van der Waals surface area contributed by atoms with Crippen molar-refractivity contribution in [1.29, 1.82) is 0 Å². The Morgan fingerprint density at radius 2 is 1.82 bits per heavy atom. The molecule has 1 aromatic rings. The van der Waals surface area contributed by atoms with Gasteiger partial charge < -0.3 is 0 Å². The molecule has 0 saturated heterocycles. The molecule has 0 N–H and O–H groups in total. The predicted molar refractivity (Wildman–Crippen MR) is 78.5 cm³/mol. The molecule has 0 amide bonds. The van der Waals surface area contributed by atoms with E-state index < -0.39 is 0 Å². The average molecular weight is 228 g/mol. The molecule has 2 heteroatoms. The molecular formula is C15H20N2. The third-order valence-electron chi connectivity index (χ3n) is 2.09. The fraction of sp³-hybridized carbons (Fsp3) is 0.133. The summed E-state index contributed by atoms with van der Waals surface area (Å²) in [6.07, 6.45) is 3.35. The molecule has 1 rings (SSSR count). The lowest BCUT2D eigenvalue weighted by molar-refractivity contribution is 0.582. The summed E-state index contributed by atoms with van der Waals surface area (Å²) in [6.45, 7) is 18.8. The highest BCUT2D eigenvalue weighted by Gasteiger charge is 2.07. The van der Waals surface area contributed by atoms with Crippen molar-refractivity contribution in [2.24, 2.45) is 5.10 Å². The first kappa shape index (κ1) is 14.9. The van der Waals surface area contributed by atoms with Crippen LogP contribution in [-0.4, -0.2) is 11.7 Å². The molecule has 0 saturated carbocycles. The third-order valence-corrected chi connectivity index (χ3v) is 2.09. The van der Waals surface area contributed by atoms with Crippen molar-refractivity contribution in [3.05, 3.63) is 61.3 Å². The Kier molecular flexibility index (Phi) is 7.11. The van der Waals surface area contributed by atoms with Crippen LogP contribution in [0.2, 0.25) is 0 Å². The van der Waals surface area contributed by atoms with Gasteiger partial charge in [-0.05, 0) is 5.56 Å². The first-order valence-corrected chi connectivity index (χ1v) is 5.53. The van der Waals surface area contributed by atoms with E-state index in [1.165, 1.54) is 5.01 Å². The van der Waals surface area contributed by atoms with Crippen LogP contribution in [-0.2, 0) is 0 Å². The van der Waals surface area contributed by atoms with Crippen LogP contribution in [0.25, 0.3) is 11.8 Å². The number of benzene rings is 1. The zero-order valence-electron chi connectivity index (χ0n) is 10.7. The molecule has 0 radical (unpaired) electrons. The van der Waals surface area contributed by atoms with E-state index in [9.17, 15) is 0 Å². The summed E-state index contributed by atoms with van der Waals surface area (Å²) in [6, 6.07) is 7.82. The van der Waals surface area contributed by atoms with Crippen molar-refractivity contribution in [1.82, 2.24) is 5.01 Å². The monoisotopic (exact) mass is 228 g/mol. The van der Waals surface area contributed by atoms with Gasteiger partial charge in [-0.15, -0.1) is 0 Å². The first-order chi connectivity index (χ1) is 8.24. The Morgan fingerprint density at radius 3 is 2.29 bits per heavy atom. The van der Waals surface area contributed by atoms with Crippen molar-refractivity contribution in [2.75, 3.05) is 0 Å². The molecule has 0 aromatic heterocycles. The van der Waals surface area contributed by atoms with E-state index in [1.54, 1.807) is 12.3 Å². The van der Waals surface area contributed by atoms with Gasteiger partial charge in [0.25, 0.3) is 0 Å². The summed E-state index contributed by atoms with van der Waals surface area (Å²) < 4.78 is 0. The highest BCUT2D eigenvalue weighted by molar-refractivity contribution is 5.72. The first-order valence-electron chi connectivity index (χ1n) is 5.53. The Labute approximate surface area is 104 Å². The number of hydrogen-bond donors (Lipinski definition) is 0. The number of hydrazone groups is 1. The minimum atomic E-state index is 0.732. The molecule has 0 aliphatic carbocycles. The normalized spacial score (nSPS) is 8.35. The van der Waals surface area contributed by atoms with Gasteiger partial charge in [0.15, 0.2) is 0 Å². The zero-order chi connectivity index (χ0) is 13.3. The van der Waals surface area contributed by atoms with Gasteiger partial charge in [0.05, 0.1) is 5.70 Å². The number of nitrogens with zero attached hydrogens (tertiary/aromatic N) is 2. The van der Waals surface area contributed by atoms with Gasteiger partial charge in [0.1, 0.15) is 0 Å². The molecule has 2 nitrogen and oxygen atoms in total. The molecule has 0 heterocycles. The van der Waals surface area contributed by atoms with Crippen molar-refractivity contribution in [2.45, 2.75) is 13.8 Å². The average Bonchev–Trinajstić information content (AvgIpc) is 2.42. The third kappa shape index (κ3) is 3.76. The maximum absolute atomic E-state index is 3.95. The molecule has 17 heavy (non-hydrogen) atoms. The molecule has 0 atom stereocenters. The van der Waals surface area contributed by atoms with Crippen LogP contribution < -0.4 is 0 Å². The van der Waals surface area contributed by atoms with E-state index in [1.807, 2.05) is 38.1 Å². The highest BCUT2D eigenvalue weighted by Crippen LogP contribution is 2.22.